The predicted molar refractivity (Wildman–Crippen MR) is 57.0 cm³/mol. The minimum absolute atomic E-state index is 0.525. The van der Waals surface area contributed by atoms with E-state index in [4.69, 9.17) is 4.74 Å². The molecule has 0 radical (unpaired) electrons. The molecule has 0 amide bonds. The molecule has 0 aliphatic rings. The molecule has 0 saturated heterocycles. The van der Waals surface area contributed by atoms with E-state index in [0.29, 0.717) is 6.04 Å². The third kappa shape index (κ3) is 6.95. The van der Waals surface area contributed by atoms with Crippen molar-refractivity contribution in [2.24, 2.45) is 0 Å². The number of rotatable bonds is 8. The summed E-state index contributed by atoms with van der Waals surface area (Å²) in [6.07, 6.45) is 1.26. The summed E-state index contributed by atoms with van der Waals surface area (Å²) in [7, 11) is 1.76. The van der Waals surface area contributed by atoms with Crippen LogP contribution in [-0.2, 0) is 4.74 Å². The highest BCUT2D eigenvalue weighted by Gasteiger charge is 2.05. The maximum atomic E-state index is 5.11. The van der Waals surface area contributed by atoms with Crippen molar-refractivity contribution in [1.29, 1.82) is 0 Å². The number of nitrogens with one attached hydrogen (secondary N) is 1. The molecule has 1 unspecified atom stereocenters. The van der Waals surface area contributed by atoms with Crippen molar-refractivity contribution in [3.8, 4) is 0 Å². The summed E-state index contributed by atoms with van der Waals surface area (Å²) in [5, 5.41) is 3.40. The van der Waals surface area contributed by atoms with Crippen molar-refractivity contribution in [1.82, 2.24) is 5.32 Å². The Bertz CT molecular complexity index is 84.6. The zero-order chi connectivity index (χ0) is 9.23. The van der Waals surface area contributed by atoms with Crippen LogP contribution >= 0.6 is 11.8 Å². The molecule has 0 fully saturated rings. The molecule has 0 aromatic heterocycles. The lowest BCUT2D eigenvalue weighted by Gasteiger charge is -2.15. The van der Waals surface area contributed by atoms with Gasteiger partial charge in [0.15, 0.2) is 0 Å². The lowest BCUT2D eigenvalue weighted by atomic mass is 10.3. The fraction of sp³-hybridized carbons (Fsp3) is 1.00. The fourth-order valence-electron chi connectivity index (χ4n) is 1.03. The van der Waals surface area contributed by atoms with Gasteiger partial charge >= 0.3 is 0 Å². The Kier molecular flexibility index (Phi) is 9.57. The zero-order valence-corrected chi connectivity index (χ0v) is 9.25. The lowest BCUT2D eigenvalue weighted by Crippen LogP contribution is -2.35. The molecule has 1 atom stereocenters. The van der Waals surface area contributed by atoms with Gasteiger partial charge in [0.05, 0.1) is 6.61 Å². The maximum absolute atomic E-state index is 5.11. The summed E-state index contributed by atoms with van der Waals surface area (Å²) in [5.41, 5.74) is 0. The van der Waals surface area contributed by atoms with Gasteiger partial charge in [-0.2, -0.15) is 11.8 Å². The second kappa shape index (κ2) is 9.36. The second-order valence-corrected chi connectivity index (χ2v) is 3.93. The van der Waals surface area contributed by atoms with Gasteiger partial charge in [-0.25, -0.2) is 0 Å². The Morgan fingerprint density at radius 3 is 2.67 bits per heavy atom. The van der Waals surface area contributed by atoms with Crippen LogP contribution in [0, 0.1) is 0 Å². The van der Waals surface area contributed by atoms with Crippen LogP contribution in [0.5, 0.6) is 0 Å². The third-order valence-corrected chi connectivity index (χ3v) is 2.86. The van der Waals surface area contributed by atoms with Gasteiger partial charge in [0.1, 0.15) is 0 Å². The molecule has 12 heavy (non-hydrogen) atoms. The summed E-state index contributed by atoms with van der Waals surface area (Å²) in [6, 6.07) is 0.525. The molecular formula is C9H21NOS. The van der Waals surface area contributed by atoms with E-state index >= 15 is 0 Å². The van der Waals surface area contributed by atoms with Gasteiger partial charge in [-0.15, -0.1) is 0 Å². The number of ether oxygens (including phenoxy) is 1. The van der Waals surface area contributed by atoms with E-state index in [0.717, 1.165) is 18.9 Å². The smallest absolute Gasteiger partial charge is 0.0623 e. The van der Waals surface area contributed by atoms with Gasteiger partial charge in [-0.1, -0.05) is 13.8 Å². The molecule has 0 aliphatic heterocycles. The first-order chi connectivity index (χ1) is 5.85. The fourth-order valence-corrected chi connectivity index (χ4v) is 1.98. The molecule has 1 N–H and O–H groups in total. The summed E-state index contributed by atoms with van der Waals surface area (Å²) in [6.45, 7) is 6.20. The monoisotopic (exact) mass is 191 g/mol. The average molecular weight is 191 g/mol. The molecule has 2 nitrogen and oxygen atoms in total. The van der Waals surface area contributed by atoms with Crippen molar-refractivity contribution in [3.05, 3.63) is 0 Å². The van der Waals surface area contributed by atoms with Crippen LogP contribution in [0.25, 0.3) is 0 Å². The Morgan fingerprint density at radius 1 is 1.42 bits per heavy atom. The van der Waals surface area contributed by atoms with E-state index in [9.17, 15) is 0 Å². The van der Waals surface area contributed by atoms with Crippen LogP contribution in [0.2, 0.25) is 0 Å². The average Bonchev–Trinajstić information content (AvgIpc) is 2.06. The van der Waals surface area contributed by atoms with Crippen LogP contribution in [0.15, 0.2) is 0 Å². The SMILES string of the molecule is CCCSCC(COC)NCC. The maximum Gasteiger partial charge on any atom is 0.0623 e. The molecule has 74 valence electrons. The van der Waals surface area contributed by atoms with Crippen molar-refractivity contribution >= 4 is 11.8 Å². The van der Waals surface area contributed by atoms with Gasteiger partial charge < -0.3 is 10.1 Å². The van der Waals surface area contributed by atoms with Crippen molar-refractivity contribution in [3.63, 3.8) is 0 Å². The largest absolute Gasteiger partial charge is 0.383 e. The van der Waals surface area contributed by atoms with E-state index in [-0.39, 0.29) is 0 Å². The van der Waals surface area contributed by atoms with E-state index in [1.807, 2.05) is 11.8 Å². The minimum atomic E-state index is 0.525. The molecule has 0 saturated carbocycles. The van der Waals surface area contributed by atoms with Gasteiger partial charge in [0.25, 0.3) is 0 Å². The van der Waals surface area contributed by atoms with Crippen LogP contribution in [0.1, 0.15) is 20.3 Å². The van der Waals surface area contributed by atoms with Crippen LogP contribution < -0.4 is 5.32 Å². The number of thioether (sulfide) groups is 1. The van der Waals surface area contributed by atoms with E-state index in [1.54, 1.807) is 7.11 Å². The molecule has 0 aliphatic carbocycles. The van der Waals surface area contributed by atoms with Crippen molar-refractivity contribution < 1.29 is 4.74 Å². The molecule has 0 aromatic rings. The Morgan fingerprint density at radius 2 is 2.17 bits per heavy atom. The standard InChI is InChI=1S/C9H21NOS/c1-4-6-12-8-9(7-11-3)10-5-2/h9-10H,4-8H2,1-3H3. The van der Waals surface area contributed by atoms with Crippen LogP contribution in [0.4, 0.5) is 0 Å². The molecule has 0 heterocycles. The highest BCUT2D eigenvalue weighted by molar-refractivity contribution is 7.99. The highest BCUT2D eigenvalue weighted by Crippen LogP contribution is 2.04. The van der Waals surface area contributed by atoms with Gasteiger partial charge in [0, 0.05) is 18.9 Å². The van der Waals surface area contributed by atoms with E-state index in [1.165, 1.54) is 12.2 Å². The summed E-state index contributed by atoms with van der Waals surface area (Å²) in [4.78, 5) is 0. The molecular weight excluding hydrogens is 170 g/mol. The molecule has 0 bridgehead atoms. The highest BCUT2D eigenvalue weighted by atomic mass is 32.2. The number of likely N-dealkylation sites (N-methyl/N-ethyl adjacent to an activating group) is 1. The quantitative estimate of drug-likeness (QED) is 0.591. The normalized spacial score (nSPS) is 13.2. The first-order valence-corrected chi connectivity index (χ1v) is 5.80. The summed E-state index contributed by atoms with van der Waals surface area (Å²) < 4.78 is 5.11. The van der Waals surface area contributed by atoms with Crippen molar-refractivity contribution in [2.45, 2.75) is 26.3 Å². The van der Waals surface area contributed by atoms with Gasteiger partial charge in [-0.05, 0) is 18.7 Å². The predicted octanol–water partition coefficient (Wildman–Crippen LogP) is 1.75. The Labute approximate surface area is 80.4 Å². The summed E-state index contributed by atoms with van der Waals surface area (Å²) >= 11 is 2.00. The molecule has 0 aromatic carbocycles. The molecule has 0 spiro atoms. The third-order valence-electron chi connectivity index (χ3n) is 1.53. The Hall–Kier alpha value is 0.270. The number of hydrogen-bond acceptors (Lipinski definition) is 3. The first-order valence-electron chi connectivity index (χ1n) is 4.65. The molecule has 0 rings (SSSR count). The van der Waals surface area contributed by atoms with Crippen LogP contribution in [0.3, 0.4) is 0 Å². The van der Waals surface area contributed by atoms with Crippen molar-refractivity contribution in [2.75, 3.05) is 31.8 Å². The summed E-state index contributed by atoms with van der Waals surface area (Å²) in [5.74, 6) is 2.42. The van der Waals surface area contributed by atoms with E-state index < -0.39 is 0 Å². The molecule has 3 heteroatoms. The van der Waals surface area contributed by atoms with E-state index in [2.05, 4.69) is 19.2 Å². The van der Waals surface area contributed by atoms with Crippen LogP contribution in [-0.4, -0.2) is 37.8 Å². The minimum Gasteiger partial charge on any atom is -0.383 e. The topological polar surface area (TPSA) is 21.3 Å². The number of hydrogen-bond donors (Lipinski definition) is 1. The first kappa shape index (κ1) is 12.3. The number of methoxy groups -OCH3 is 1. The van der Waals surface area contributed by atoms with Gasteiger partial charge in [-0.3, -0.25) is 0 Å². The van der Waals surface area contributed by atoms with Gasteiger partial charge in [0.2, 0.25) is 0 Å². The zero-order valence-electron chi connectivity index (χ0n) is 8.43. The lowest BCUT2D eigenvalue weighted by molar-refractivity contribution is 0.174. The Balaban J connectivity index is 3.34. The second-order valence-electron chi connectivity index (χ2n) is 2.78.